The predicted octanol–water partition coefficient (Wildman–Crippen LogP) is 1.17. The topological polar surface area (TPSA) is 33.2 Å². The molecule has 2 heterocycles. The average molecular weight is 194 g/mol. The van der Waals surface area contributed by atoms with Crippen molar-refractivity contribution in [1.29, 1.82) is 0 Å². The zero-order valence-electron chi connectivity index (χ0n) is 7.90. The van der Waals surface area contributed by atoms with E-state index in [0.29, 0.717) is 13.1 Å². The summed E-state index contributed by atoms with van der Waals surface area (Å²) in [4.78, 5) is 16.4. The molecule has 0 bridgehead atoms. The van der Waals surface area contributed by atoms with Crippen LogP contribution in [0, 0.1) is 5.95 Å². The number of carbonyl (C=O) groups is 1. The van der Waals surface area contributed by atoms with Crippen molar-refractivity contribution in [2.45, 2.75) is 12.8 Å². The van der Waals surface area contributed by atoms with E-state index in [1.807, 2.05) is 0 Å². The van der Waals surface area contributed by atoms with Crippen LogP contribution in [-0.2, 0) is 4.79 Å². The number of hydrogen-bond donors (Lipinski definition) is 0. The first-order valence-corrected chi connectivity index (χ1v) is 4.55. The van der Waals surface area contributed by atoms with Crippen molar-refractivity contribution in [2.75, 3.05) is 13.1 Å². The maximum absolute atomic E-state index is 12.8. The summed E-state index contributed by atoms with van der Waals surface area (Å²) in [5.41, 5.74) is 0.738. The van der Waals surface area contributed by atoms with Crippen LogP contribution >= 0.6 is 0 Å². The molecule has 0 spiro atoms. The lowest BCUT2D eigenvalue weighted by molar-refractivity contribution is -0.133. The van der Waals surface area contributed by atoms with Crippen molar-refractivity contribution in [1.82, 2.24) is 9.88 Å². The molecule has 1 saturated heterocycles. The van der Waals surface area contributed by atoms with E-state index in [9.17, 15) is 9.18 Å². The molecule has 1 aromatic rings. The second-order valence-corrected chi connectivity index (χ2v) is 3.51. The molecule has 1 fully saturated rings. The quantitative estimate of drug-likeness (QED) is 0.629. The smallest absolute Gasteiger partial charge is 0.219 e. The van der Waals surface area contributed by atoms with Crippen molar-refractivity contribution in [3.8, 4) is 0 Å². The Hall–Kier alpha value is -1.45. The second-order valence-electron chi connectivity index (χ2n) is 3.51. The lowest BCUT2D eigenvalue weighted by Crippen LogP contribution is -2.47. The number of pyridine rings is 1. The normalized spacial score (nSPS) is 16.6. The van der Waals surface area contributed by atoms with Crippen LogP contribution in [0.15, 0.2) is 18.2 Å². The van der Waals surface area contributed by atoms with Crippen LogP contribution < -0.4 is 0 Å². The van der Waals surface area contributed by atoms with Gasteiger partial charge in [0, 0.05) is 25.9 Å². The van der Waals surface area contributed by atoms with Gasteiger partial charge >= 0.3 is 0 Å². The molecule has 3 nitrogen and oxygen atoms in total. The second kappa shape index (κ2) is 3.36. The van der Waals surface area contributed by atoms with Crippen LogP contribution in [0.5, 0.6) is 0 Å². The molecule has 0 atom stereocenters. The van der Waals surface area contributed by atoms with Gasteiger partial charge in [-0.2, -0.15) is 4.39 Å². The minimum absolute atomic E-state index is 0.0673. The Kier molecular flexibility index (Phi) is 2.19. The molecular formula is C10H11FN2O. The summed E-state index contributed by atoms with van der Waals surface area (Å²) in [6.45, 7) is 2.85. The van der Waals surface area contributed by atoms with E-state index in [1.54, 1.807) is 17.0 Å². The summed E-state index contributed by atoms with van der Waals surface area (Å²) in [6.07, 6.45) is 0. The molecule has 1 aliphatic rings. The zero-order valence-corrected chi connectivity index (χ0v) is 7.90. The van der Waals surface area contributed by atoms with Gasteiger partial charge in [-0.05, 0) is 12.1 Å². The maximum atomic E-state index is 12.8. The molecule has 1 aliphatic heterocycles. The molecule has 2 rings (SSSR count). The van der Waals surface area contributed by atoms with Crippen molar-refractivity contribution in [3.05, 3.63) is 29.8 Å². The Morgan fingerprint density at radius 3 is 2.86 bits per heavy atom. The van der Waals surface area contributed by atoms with E-state index in [-0.39, 0.29) is 11.8 Å². The first-order chi connectivity index (χ1) is 6.66. The number of amides is 1. The van der Waals surface area contributed by atoms with Gasteiger partial charge in [0.2, 0.25) is 11.9 Å². The van der Waals surface area contributed by atoms with E-state index in [1.165, 1.54) is 13.0 Å². The first kappa shape index (κ1) is 9.12. The fourth-order valence-corrected chi connectivity index (χ4v) is 1.57. The molecule has 0 aromatic carbocycles. The van der Waals surface area contributed by atoms with Crippen LogP contribution in [0.4, 0.5) is 4.39 Å². The fraction of sp³-hybridized carbons (Fsp3) is 0.400. The van der Waals surface area contributed by atoms with Gasteiger partial charge in [-0.3, -0.25) is 4.79 Å². The molecule has 14 heavy (non-hydrogen) atoms. The predicted molar refractivity (Wildman–Crippen MR) is 49.2 cm³/mol. The highest BCUT2D eigenvalue weighted by molar-refractivity contribution is 5.74. The Morgan fingerprint density at radius 2 is 2.29 bits per heavy atom. The van der Waals surface area contributed by atoms with Crippen molar-refractivity contribution in [2.24, 2.45) is 0 Å². The summed E-state index contributed by atoms with van der Waals surface area (Å²) in [5, 5.41) is 0. The number of halogens is 1. The minimum Gasteiger partial charge on any atom is -0.341 e. The third-order valence-corrected chi connectivity index (χ3v) is 2.48. The highest BCUT2D eigenvalue weighted by atomic mass is 19.1. The van der Waals surface area contributed by atoms with E-state index in [4.69, 9.17) is 0 Å². The average Bonchev–Trinajstić information content (AvgIpc) is 2.00. The zero-order chi connectivity index (χ0) is 10.1. The number of aromatic nitrogens is 1. The number of rotatable bonds is 1. The van der Waals surface area contributed by atoms with Crippen molar-refractivity contribution in [3.63, 3.8) is 0 Å². The Bertz CT molecular complexity index is 361. The van der Waals surface area contributed by atoms with Gasteiger partial charge in [0.25, 0.3) is 0 Å². The molecule has 1 amide bonds. The lowest BCUT2D eigenvalue weighted by Gasteiger charge is -2.38. The third kappa shape index (κ3) is 1.60. The monoisotopic (exact) mass is 194 g/mol. The SMILES string of the molecule is CC(=O)N1CC(c2cccc(F)n2)C1. The van der Waals surface area contributed by atoms with Crippen LogP contribution in [-0.4, -0.2) is 28.9 Å². The molecule has 0 aliphatic carbocycles. The Labute approximate surface area is 81.6 Å². The Balaban J connectivity index is 2.03. The Morgan fingerprint density at radius 1 is 1.57 bits per heavy atom. The molecule has 0 radical (unpaired) electrons. The summed E-state index contributed by atoms with van der Waals surface area (Å²) in [7, 11) is 0. The molecule has 74 valence electrons. The van der Waals surface area contributed by atoms with Crippen LogP contribution in [0.3, 0.4) is 0 Å². The summed E-state index contributed by atoms with van der Waals surface area (Å²) in [6, 6.07) is 4.77. The van der Waals surface area contributed by atoms with E-state index in [0.717, 1.165) is 5.69 Å². The highest BCUT2D eigenvalue weighted by Crippen LogP contribution is 2.25. The van der Waals surface area contributed by atoms with Crippen LogP contribution in [0.1, 0.15) is 18.5 Å². The van der Waals surface area contributed by atoms with Crippen LogP contribution in [0.25, 0.3) is 0 Å². The van der Waals surface area contributed by atoms with Crippen molar-refractivity contribution >= 4 is 5.91 Å². The highest BCUT2D eigenvalue weighted by Gasteiger charge is 2.30. The summed E-state index contributed by atoms with van der Waals surface area (Å²) >= 11 is 0. The molecule has 0 saturated carbocycles. The van der Waals surface area contributed by atoms with Gasteiger partial charge in [-0.15, -0.1) is 0 Å². The van der Waals surface area contributed by atoms with Gasteiger partial charge in [-0.25, -0.2) is 4.98 Å². The van der Waals surface area contributed by atoms with E-state index in [2.05, 4.69) is 4.98 Å². The first-order valence-electron chi connectivity index (χ1n) is 4.55. The van der Waals surface area contributed by atoms with Crippen molar-refractivity contribution < 1.29 is 9.18 Å². The number of likely N-dealkylation sites (tertiary alicyclic amines) is 1. The van der Waals surface area contributed by atoms with Gasteiger partial charge in [0.1, 0.15) is 0 Å². The van der Waals surface area contributed by atoms with Gasteiger partial charge < -0.3 is 4.90 Å². The van der Waals surface area contributed by atoms with Crippen LogP contribution in [0.2, 0.25) is 0 Å². The number of nitrogens with zero attached hydrogens (tertiary/aromatic N) is 2. The largest absolute Gasteiger partial charge is 0.341 e. The molecular weight excluding hydrogens is 183 g/mol. The van der Waals surface area contributed by atoms with E-state index < -0.39 is 5.95 Å². The fourth-order valence-electron chi connectivity index (χ4n) is 1.57. The molecule has 0 unspecified atom stereocenters. The van der Waals surface area contributed by atoms with Gasteiger partial charge in [0.15, 0.2) is 0 Å². The number of hydrogen-bond acceptors (Lipinski definition) is 2. The van der Waals surface area contributed by atoms with E-state index >= 15 is 0 Å². The standard InChI is InChI=1S/C10H11FN2O/c1-7(14)13-5-8(6-13)9-3-2-4-10(11)12-9/h2-4,8H,5-6H2,1H3. The maximum Gasteiger partial charge on any atom is 0.219 e. The van der Waals surface area contributed by atoms with Gasteiger partial charge in [-0.1, -0.05) is 6.07 Å². The summed E-state index contributed by atoms with van der Waals surface area (Å²) < 4.78 is 12.8. The minimum atomic E-state index is -0.455. The third-order valence-electron chi connectivity index (χ3n) is 2.48. The van der Waals surface area contributed by atoms with Gasteiger partial charge in [0.05, 0.1) is 5.69 Å². The molecule has 4 heteroatoms. The lowest BCUT2D eigenvalue weighted by atomic mass is 9.96. The number of carbonyl (C=O) groups excluding carboxylic acids is 1. The summed E-state index contributed by atoms with van der Waals surface area (Å²) in [5.74, 6) is -0.184. The molecule has 1 aromatic heterocycles. The molecule has 0 N–H and O–H groups in total.